The summed E-state index contributed by atoms with van der Waals surface area (Å²) >= 11 is 6.14. The number of halogens is 2. The standard InChI is InChI=1S/C17H20ClFN2/c1-3-8-20-17(14-5-4-12(2)21-11-14)9-13-6-7-15(19)10-16(13)18/h4-7,10-11,17,20H,3,8-9H2,1-2H3. The maximum atomic E-state index is 13.1. The van der Waals surface area contributed by atoms with Gasteiger partial charge in [-0.1, -0.05) is 30.7 Å². The van der Waals surface area contributed by atoms with Crippen molar-refractivity contribution in [3.8, 4) is 0 Å². The Hall–Kier alpha value is -1.45. The molecule has 1 heterocycles. The molecule has 21 heavy (non-hydrogen) atoms. The summed E-state index contributed by atoms with van der Waals surface area (Å²) < 4.78 is 13.1. The first-order valence-electron chi connectivity index (χ1n) is 7.20. The zero-order valence-corrected chi connectivity index (χ0v) is 13.1. The smallest absolute Gasteiger partial charge is 0.124 e. The summed E-state index contributed by atoms with van der Waals surface area (Å²) in [6.45, 7) is 5.01. The molecule has 1 unspecified atom stereocenters. The van der Waals surface area contributed by atoms with Gasteiger partial charge in [-0.25, -0.2) is 4.39 Å². The first-order chi connectivity index (χ1) is 10.1. The Morgan fingerprint density at radius 2 is 2.10 bits per heavy atom. The topological polar surface area (TPSA) is 24.9 Å². The fraction of sp³-hybridized carbons (Fsp3) is 0.353. The van der Waals surface area contributed by atoms with E-state index < -0.39 is 0 Å². The lowest BCUT2D eigenvalue weighted by atomic mass is 9.99. The molecular formula is C17H20ClFN2. The van der Waals surface area contributed by atoms with Crippen molar-refractivity contribution in [1.82, 2.24) is 10.3 Å². The third kappa shape index (κ3) is 4.51. The summed E-state index contributed by atoms with van der Waals surface area (Å²) in [6.07, 6.45) is 3.65. The number of rotatable bonds is 6. The van der Waals surface area contributed by atoms with E-state index in [9.17, 15) is 4.39 Å². The molecule has 1 aromatic carbocycles. The predicted octanol–water partition coefficient (Wildman–Crippen LogP) is 4.47. The second kappa shape index (κ2) is 7.53. The number of hydrogen-bond acceptors (Lipinski definition) is 2. The van der Waals surface area contributed by atoms with Crippen LogP contribution in [0.25, 0.3) is 0 Å². The van der Waals surface area contributed by atoms with E-state index in [1.54, 1.807) is 6.07 Å². The molecule has 0 aliphatic heterocycles. The number of aromatic nitrogens is 1. The van der Waals surface area contributed by atoms with Crippen LogP contribution in [0, 0.1) is 12.7 Å². The highest BCUT2D eigenvalue weighted by Gasteiger charge is 2.14. The lowest BCUT2D eigenvalue weighted by Crippen LogP contribution is -2.24. The second-order valence-corrected chi connectivity index (χ2v) is 5.59. The molecule has 0 radical (unpaired) electrons. The minimum absolute atomic E-state index is 0.126. The zero-order valence-electron chi connectivity index (χ0n) is 12.4. The minimum Gasteiger partial charge on any atom is -0.310 e. The van der Waals surface area contributed by atoms with Crippen LogP contribution in [0.5, 0.6) is 0 Å². The van der Waals surface area contributed by atoms with Gasteiger partial charge in [0.1, 0.15) is 5.82 Å². The van der Waals surface area contributed by atoms with Crippen LogP contribution in [-0.2, 0) is 6.42 Å². The maximum Gasteiger partial charge on any atom is 0.124 e. The number of aryl methyl sites for hydroxylation is 1. The number of hydrogen-bond donors (Lipinski definition) is 1. The van der Waals surface area contributed by atoms with Gasteiger partial charge in [-0.2, -0.15) is 0 Å². The van der Waals surface area contributed by atoms with Crippen LogP contribution < -0.4 is 5.32 Å². The number of pyridine rings is 1. The van der Waals surface area contributed by atoms with Gasteiger partial charge in [-0.3, -0.25) is 4.98 Å². The predicted molar refractivity (Wildman–Crippen MR) is 85.1 cm³/mol. The summed E-state index contributed by atoms with van der Waals surface area (Å²) in [6, 6.07) is 8.77. The van der Waals surface area contributed by atoms with E-state index in [2.05, 4.69) is 23.3 Å². The Kier molecular flexibility index (Phi) is 5.71. The summed E-state index contributed by atoms with van der Waals surface area (Å²) in [4.78, 5) is 4.35. The van der Waals surface area contributed by atoms with Gasteiger partial charge in [-0.15, -0.1) is 0 Å². The van der Waals surface area contributed by atoms with Crippen LogP contribution in [0.1, 0.15) is 36.2 Å². The average Bonchev–Trinajstić information content (AvgIpc) is 2.46. The third-order valence-electron chi connectivity index (χ3n) is 3.42. The quantitative estimate of drug-likeness (QED) is 0.852. The lowest BCUT2D eigenvalue weighted by molar-refractivity contribution is 0.527. The summed E-state index contributed by atoms with van der Waals surface area (Å²) in [7, 11) is 0. The van der Waals surface area contributed by atoms with E-state index in [0.717, 1.165) is 29.8 Å². The van der Waals surface area contributed by atoms with Crippen LogP contribution in [0.4, 0.5) is 4.39 Å². The third-order valence-corrected chi connectivity index (χ3v) is 3.77. The molecule has 0 saturated carbocycles. The molecular weight excluding hydrogens is 287 g/mol. The Morgan fingerprint density at radius 1 is 1.29 bits per heavy atom. The fourth-order valence-electron chi connectivity index (χ4n) is 2.22. The normalized spacial score (nSPS) is 12.4. The van der Waals surface area contributed by atoms with Gasteiger partial charge >= 0.3 is 0 Å². The molecule has 0 aliphatic carbocycles. The summed E-state index contributed by atoms with van der Waals surface area (Å²) in [5.74, 6) is -0.307. The fourth-order valence-corrected chi connectivity index (χ4v) is 2.46. The largest absolute Gasteiger partial charge is 0.310 e. The zero-order chi connectivity index (χ0) is 15.2. The van der Waals surface area contributed by atoms with Crippen molar-refractivity contribution in [2.45, 2.75) is 32.7 Å². The monoisotopic (exact) mass is 306 g/mol. The van der Waals surface area contributed by atoms with Crippen molar-refractivity contribution in [3.05, 3.63) is 64.2 Å². The molecule has 2 rings (SSSR count). The molecule has 0 spiro atoms. The van der Waals surface area contributed by atoms with Gasteiger partial charge in [-0.05, 0) is 55.6 Å². The SMILES string of the molecule is CCCNC(Cc1ccc(F)cc1Cl)c1ccc(C)nc1. The molecule has 1 atom stereocenters. The molecule has 2 nitrogen and oxygen atoms in total. The maximum absolute atomic E-state index is 13.1. The highest BCUT2D eigenvalue weighted by Crippen LogP contribution is 2.24. The molecule has 4 heteroatoms. The van der Waals surface area contributed by atoms with Crippen molar-refractivity contribution < 1.29 is 4.39 Å². The Labute approximate surface area is 130 Å². The minimum atomic E-state index is -0.307. The van der Waals surface area contributed by atoms with Crippen molar-refractivity contribution in [3.63, 3.8) is 0 Å². The molecule has 0 bridgehead atoms. The van der Waals surface area contributed by atoms with Gasteiger partial charge < -0.3 is 5.32 Å². The Bertz CT molecular complexity index is 584. The van der Waals surface area contributed by atoms with E-state index in [-0.39, 0.29) is 11.9 Å². The molecule has 112 valence electrons. The molecule has 0 amide bonds. The van der Waals surface area contributed by atoms with E-state index in [4.69, 9.17) is 11.6 Å². The van der Waals surface area contributed by atoms with Crippen molar-refractivity contribution in [1.29, 1.82) is 0 Å². The van der Waals surface area contributed by atoms with Crippen LogP contribution in [-0.4, -0.2) is 11.5 Å². The highest BCUT2D eigenvalue weighted by atomic mass is 35.5. The highest BCUT2D eigenvalue weighted by molar-refractivity contribution is 6.31. The first kappa shape index (κ1) is 15.9. The molecule has 1 aromatic heterocycles. The molecule has 2 aromatic rings. The molecule has 0 aliphatic rings. The molecule has 1 N–H and O–H groups in total. The summed E-state index contributed by atoms with van der Waals surface area (Å²) in [5, 5.41) is 3.97. The lowest BCUT2D eigenvalue weighted by Gasteiger charge is -2.19. The van der Waals surface area contributed by atoms with E-state index >= 15 is 0 Å². The van der Waals surface area contributed by atoms with Crippen molar-refractivity contribution >= 4 is 11.6 Å². The summed E-state index contributed by atoms with van der Waals surface area (Å²) in [5.41, 5.74) is 3.05. The molecule has 0 saturated heterocycles. The van der Waals surface area contributed by atoms with Crippen molar-refractivity contribution in [2.75, 3.05) is 6.54 Å². The second-order valence-electron chi connectivity index (χ2n) is 5.18. The molecule has 0 fully saturated rings. The van der Waals surface area contributed by atoms with Crippen LogP contribution >= 0.6 is 11.6 Å². The number of nitrogens with zero attached hydrogens (tertiary/aromatic N) is 1. The van der Waals surface area contributed by atoms with E-state index in [1.165, 1.54) is 12.1 Å². The van der Waals surface area contributed by atoms with Gasteiger partial charge in [0.2, 0.25) is 0 Å². The van der Waals surface area contributed by atoms with Crippen molar-refractivity contribution in [2.24, 2.45) is 0 Å². The van der Waals surface area contributed by atoms with Crippen LogP contribution in [0.2, 0.25) is 5.02 Å². The van der Waals surface area contributed by atoms with Gasteiger partial charge in [0.05, 0.1) is 0 Å². The van der Waals surface area contributed by atoms with Crippen LogP contribution in [0.15, 0.2) is 36.5 Å². The van der Waals surface area contributed by atoms with E-state index in [1.807, 2.05) is 19.2 Å². The Morgan fingerprint density at radius 3 is 2.71 bits per heavy atom. The number of benzene rings is 1. The van der Waals surface area contributed by atoms with E-state index in [0.29, 0.717) is 11.4 Å². The Balaban J connectivity index is 2.21. The van der Waals surface area contributed by atoms with Gasteiger partial charge in [0, 0.05) is 23.0 Å². The van der Waals surface area contributed by atoms with Gasteiger partial charge in [0.15, 0.2) is 0 Å². The average molecular weight is 307 g/mol. The number of nitrogens with one attached hydrogen (secondary N) is 1. The first-order valence-corrected chi connectivity index (χ1v) is 7.57. The van der Waals surface area contributed by atoms with Gasteiger partial charge in [0.25, 0.3) is 0 Å². The van der Waals surface area contributed by atoms with Crippen LogP contribution in [0.3, 0.4) is 0 Å².